The van der Waals surface area contributed by atoms with Crippen LogP contribution in [0.4, 0.5) is 0 Å². The third-order valence-electron chi connectivity index (χ3n) is 2.64. The van der Waals surface area contributed by atoms with Crippen molar-refractivity contribution in [3.8, 4) is 0 Å². The second kappa shape index (κ2) is 39.3. The van der Waals surface area contributed by atoms with Gasteiger partial charge in [-0.2, -0.15) is 0 Å². The summed E-state index contributed by atoms with van der Waals surface area (Å²) in [7, 11) is 0. The number of carbonyl (C=O) groups is 8. The molecule has 0 radical (unpaired) electrons. The number of carboxylic acids is 6. The molecule has 0 aromatic heterocycles. The number of aliphatic carboxylic acids is 6. The first-order valence-corrected chi connectivity index (χ1v) is 7.80. The Labute approximate surface area is 336 Å². The van der Waals surface area contributed by atoms with Crippen LogP contribution in [0.1, 0.15) is 12.8 Å². The molecule has 0 aliphatic carbocycles. The molecule has 0 saturated carbocycles. The Balaban J connectivity index is -0.0000000422. The SMILES string of the molecule is N.O.O=C(O)/C=C\C(=O)O.O=C([O-])CC(NC(CC(=O)[O-])C(=O)[O-])C(=O)[O-].O=C1C=CC(=O)O1.[Na+].[Na+].[Na+].[Na+].[Na+].[OH-]. The number of carboxylic acid groups (broad SMARTS) is 6. The van der Waals surface area contributed by atoms with Gasteiger partial charge in [-0.25, -0.2) is 19.2 Å². The Bertz CT molecular complexity index is 790. The van der Waals surface area contributed by atoms with Gasteiger partial charge in [-0.1, -0.05) is 0 Å². The van der Waals surface area contributed by atoms with Gasteiger partial charge in [0.25, 0.3) is 0 Å². The monoisotopic (exact) mass is 626 g/mol. The van der Waals surface area contributed by atoms with Crippen molar-refractivity contribution in [1.29, 1.82) is 0 Å². The second-order valence-corrected chi connectivity index (χ2v) is 5.15. The number of cyclic esters (lactones) is 2. The van der Waals surface area contributed by atoms with E-state index < -0.39 is 72.7 Å². The average molecular weight is 626 g/mol. The fourth-order valence-corrected chi connectivity index (χ4v) is 1.44. The molecule has 0 aromatic carbocycles. The zero-order valence-corrected chi connectivity index (χ0v) is 32.2. The normalized spacial score (nSPS) is 10.8. The molecule has 0 spiro atoms. The molecule has 1 aliphatic rings. The van der Waals surface area contributed by atoms with E-state index in [4.69, 9.17) is 10.2 Å². The number of hydrogen-bond donors (Lipinski definition) is 4. The average Bonchev–Trinajstić information content (AvgIpc) is 3.01. The number of ether oxygens (including phenoxy) is 1. The van der Waals surface area contributed by atoms with E-state index in [1.54, 1.807) is 5.32 Å². The van der Waals surface area contributed by atoms with Gasteiger partial charge in [-0.05, 0) is 0 Å². The van der Waals surface area contributed by atoms with Crippen molar-refractivity contribution >= 4 is 47.8 Å². The van der Waals surface area contributed by atoms with Crippen molar-refractivity contribution in [3.05, 3.63) is 24.3 Å². The van der Waals surface area contributed by atoms with Crippen molar-refractivity contribution < 1.29 is 232 Å². The minimum Gasteiger partial charge on any atom is -0.870 e. The Kier molecular flexibility index (Phi) is 66.6. The van der Waals surface area contributed by atoms with E-state index in [0.717, 1.165) is 12.2 Å². The first-order chi connectivity index (χ1) is 14.6. The van der Waals surface area contributed by atoms with Crippen LogP contribution in [0.15, 0.2) is 24.3 Å². The Hall–Kier alpha value is 0.280. The molecule has 40 heavy (non-hydrogen) atoms. The van der Waals surface area contributed by atoms with Crippen LogP contribution in [-0.2, 0) is 43.1 Å². The van der Waals surface area contributed by atoms with E-state index in [0.29, 0.717) is 12.2 Å². The fraction of sp³-hybridized carbons (Fsp3) is 0.250. The molecule has 1 rings (SSSR count). The van der Waals surface area contributed by atoms with Crippen molar-refractivity contribution in [3.63, 3.8) is 0 Å². The summed E-state index contributed by atoms with van der Waals surface area (Å²) in [6.07, 6.45) is 1.15. The predicted octanol–water partition coefficient (Wildman–Crippen LogP) is -23.4. The predicted molar refractivity (Wildman–Crippen MR) is 95.2 cm³/mol. The van der Waals surface area contributed by atoms with E-state index in [1.165, 1.54) is 0 Å². The van der Waals surface area contributed by atoms with Gasteiger partial charge >= 0.3 is 172 Å². The van der Waals surface area contributed by atoms with Crippen LogP contribution in [-0.4, -0.2) is 81.0 Å². The molecule has 2 atom stereocenters. The maximum absolute atomic E-state index is 10.4. The number of hydrogen-bond acceptors (Lipinski definition) is 16. The van der Waals surface area contributed by atoms with Crippen molar-refractivity contribution in [1.82, 2.24) is 11.5 Å². The molecule has 0 saturated heterocycles. The van der Waals surface area contributed by atoms with Gasteiger partial charge in [0.1, 0.15) is 0 Å². The smallest absolute Gasteiger partial charge is 0.870 e. The summed E-state index contributed by atoms with van der Waals surface area (Å²) in [5.74, 6) is -11.0. The van der Waals surface area contributed by atoms with Crippen molar-refractivity contribution in [2.45, 2.75) is 24.9 Å². The number of rotatable bonds is 10. The number of carbonyl (C=O) groups excluding carboxylic acids is 6. The summed E-state index contributed by atoms with van der Waals surface area (Å²) >= 11 is 0. The van der Waals surface area contributed by atoms with E-state index in [9.17, 15) is 58.8 Å². The summed E-state index contributed by atoms with van der Waals surface area (Å²) in [5.41, 5.74) is 0. The van der Waals surface area contributed by atoms with Gasteiger partial charge < -0.3 is 77.0 Å². The summed E-state index contributed by atoms with van der Waals surface area (Å²) in [4.78, 5) is 80.1. The zero-order chi connectivity index (χ0) is 25.4. The summed E-state index contributed by atoms with van der Waals surface area (Å²) < 4.78 is 3.97. The largest absolute Gasteiger partial charge is 1.00 e. The standard InChI is InChI=1S/C8H11NO8.C4H4O4.C4H2O3.H3N.5Na.2H2O/c10-5(11)1-3(7(14)15)9-4(8(16)17)2-6(12)13;5-3(6)1-2-4(7)8;5-3-1-2-4(6)7-3;;;;;;;;/h3-4,9H,1-2H2,(H,10,11)(H,12,13)(H,14,15)(H,16,17);1-2H,(H,5,6)(H,7,8);1-2H;1H3;;;;;;2*1H2/q;;;;5*+1;;/p-5/b;2-1-;;;;;;;;;. The van der Waals surface area contributed by atoms with Gasteiger partial charge in [-0.3, -0.25) is 0 Å². The molecule has 0 fully saturated rings. The van der Waals surface area contributed by atoms with Gasteiger partial charge in [-0.15, -0.1) is 0 Å². The Morgan fingerprint density at radius 3 is 1.10 bits per heavy atom. The summed E-state index contributed by atoms with van der Waals surface area (Å²) in [6.45, 7) is 0. The van der Waals surface area contributed by atoms with Gasteiger partial charge in [0, 0.05) is 49.1 Å². The molecule has 0 amide bonds. The maximum Gasteiger partial charge on any atom is 1.00 e. The topological polar surface area (TPSA) is 387 Å². The van der Waals surface area contributed by atoms with Crippen LogP contribution < -0.4 is 180 Å². The molecule has 2 unspecified atom stereocenters. The summed E-state index contributed by atoms with van der Waals surface area (Å²) in [6, 6.07) is -3.80. The Morgan fingerprint density at radius 1 is 0.725 bits per heavy atom. The van der Waals surface area contributed by atoms with Crippen LogP contribution >= 0.6 is 0 Å². The molecular weight excluding hydrogens is 607 g/mol. The van der Waals surface area contributed by atoms with Gasteiger partial charge in [0.15, 0.2) is 0 Å². The molecular formula is C16H19N2Na5O17. The van der Waals surface area contributed by atoms with E-state index >= 15 is 0 Å². The van der Waals surface area contributed by atoms with Crippen LogP contribution in [0.25, 0.3) is 0 Å². The fourth-order valence-electron chi connectivity index (χ4n) is 1.44. The molecule has 19 nitrogen and oxygen atoms in total. The van der Waals surface area contributed by atoms with E-state index in [-0.39, 0.29) is 165 Å². The minimum absolute atomic E-state index is 0. The number of nitrogens with one attached hydrogen (secondary N) is 1. The number of esters is 2. The molecule has 1 heterocycles. The van der Waals surface area contributed by atoms with Gasteiger partial charge in [0.2, 0.25) is 0 Å². The zero-order valence-electron chi connectivity index (χ0n) is 22.2. The van der Waals surface area contributed by atoms with E-state index in [2.05, 4.69) is 4.74 Å². The quantitative estimate of drug-likeness (QED) is 0.0756. The molecule has 9 N–H and O–H groups in total. The minimum atomic E-state index is -1.90. The van der Waals surface area contributed by atoms with Crippen LogP contribution in [0.3, 0.4) is 0 Å². The van der Waals surface area contributed by atoms with Crippen LogP contribution in [0, 0.1) is 0 Å². The molecule has 0 bridgehead atoms. The first kappa shape index (κ1) is 67.8. The molecule has 200 valence electrons. The Morgan fingerprint density at radius 2 is 0.975 bits per heavy atom. The van der Waals surface area contributed by atoms with Gasteiger partial charge in [0.05, 0.1) is 24.0 Å². The van der Waals surface area contributed by atoms with Crippen molar-refractivity contribution in [2.24, 2.45) is 0 Å². The molecule has 0 aromatic rings. The summed E-state index contributed by atoms with van der Waals surface area (Å²) in [5, 5.41) is 58.6. The van der Waals surface area contributed by atoms with Crippen molar-refractivity contribution in [2.75, 3.05) is 0 Å². The third-order valence-corrected chi connectivity index (χ3v) is 2.64. The second-order valence-electron chi connectivity index (χ2n) is 5.15. The molecule has 1 aliphatic heterocycles. The van der Waals surface area contributed by atoms with Crippen LogP contribution in [0.5, 0.6) is 0 Å². The van der Waals surface area contributed by atoms with E-state index in [1.807, 2.05) is 0 Å². The first-order valence-electron chi connectivity index (χ1n) is 7.80. The van der Waals surface area contributed by atoms with Crippen LogP contribution in [0.2, 0.25) is 0 Å². The maximum atomic E-state index is 10.4. The third kappa shape index (κ3) is 45.3. The molecule has 24 heteroatoms.